The third kappa shape index (κ3) is 2.42. The van der Waals surface area contributed by atoms with Crippen molar-refractivity contribution in [3.63, 3.8) is 0 Å². The Morgan fingerprint density at radius 1 is 1.17 bits per heavy atom. The molecule has 0 amide bonds. The summed E-state index contributed by atoms with van der Waals surface area (Å²) in [7, 11) is 3.71. The third-order valence-electron chi connectivity index (χ3n) is 3.13. The third-order valence-corrected chi connectivity index (χ3v) is 4.11. The molecule has 2 aromatic rings. The van der Waals surface area contributed by atoms with E-state index in [0.29, 0.717) is 0 Å². The van der Waals surface area contributed by atoms with Crippen LogP contribution in [0.25, 0.3) is 0 Å². The number of thiophene rings is 1. The second-order valence-corrected chi connectivity index (χ2v) is 5.79. The second-order valence-electron chi connectivity index (χ2n) is 4.33. The molecule has 0 radical (unpaired) electrons. The van der Waals surface area contributed by atoms with Crippen molar-refractivity contribution in [2.75, 3.05) is 14.2 Å². The molecule has 0 fully saturated rings. The minimum Gasteiger partial charge on any atom is -0.496 e. The van der Waals surface area contributed by atoms with Crippen molar-refractivity contribution in [3.8, 4) is 5.75 Å². The number of para-hydroxylation sites is 1. The van der Waals surface area contributed by atoms with E-state index in [4.69, 9.17) is 4.74 Å². The predicted molar refractivity (Wildman–Crippen MR) is 77.7 cm³/mol. The van der Waals surface area contributed by atoms with Crippen LogP contribution in [-0.4, -0.2) is 14.2 Å². The highest BCUT2D eigenvalue weighted by atomic mass is 32.1. The minimum absolute atomic E-state index is 0.186. The molecule has 0 aliphatic heterocycles. The van der Waals surface area contributed by atoms with E-state index >= 15 is 0 Å². The van der Waals surface area contributed by atoms with Gasteiger partial charge in [-0.3, -0.25) is 0 Å². The molecule has 18 heavy (non-hydrogen) atoms. The Morgan fingerprint density at radius 2 is 1.89 bits per heavy atom. The first-order valence-corrected chi connectivity index (χ1v) is 6.86. The summed E-state index contributed by atoms with van der Waals surface area (Å²) in [6, 6.07) is 10.6. The van der Waals surface area contributed by atoms with Crippen molar-refractivity contribution >= 4 is 11.3 Å². The van der Waals surface area contributed by atoms with E-state index in [0.717, 1.165) is 5.75 Å². The molecule has 3 heteroatoms. The van der Waals surface area contributed by atoms with Crippen LogP contribution in [0.5, 0.6) is 5.75 Å². The van der Waals surface area contributed by atoms with Crippen LogP contribution in [0.2, 0.25) is 0 Å². The van der Waals surface area contributed by atoms with Crippen molar-refractivity contribution in [2.24, 2.45) is 0 Å². The summed E-state index contributed by atoms with van der Waals surface area (Å²) in [5.41, 5.74) is 2.52. The molecule has 1 atom stereocenters. The van der Waals surface area contributed by atoms with E-state index in [9.17, 15) is 0 Å². The normalized spacial score (nSPS) is 12.4. The fraction of sp³-hybridized carbons (Fsp3) is 0.333. The number of methoxy groups -OCH3 is 1. The first kappa shape index (κ1) is 13.1. The summed E-state index contributed by atoms with van der Waals surface area (Å²) in [6.45, 7) is 4.32. The highest BCUT2D eigenvalue weighted by molar-refractivity contribution is 7.12. The van der Waals surface area contributed by atoms with Gasteiger partial charge >= 0.3 is 0 Å². The highest BCUT2D eigenvalue weighted by Gasteiger charge is 2.19. The van der Waals surface area contributed by atoms with Crippen molar-refractivity contribution in [2.45, 2.75) is 19.9 Å². The number of benzene rings is 1. The van der Waals surface area contributed by atoms with Crippen molar-refractivity contribution in [3.05, 3.63) is 51.2 Å². The van der Waals surface area contributed by atoms with Crippen LogP contribution in [0.4, 0.5) is 0 Å². The first-order chi connectivity index (χ1) is 8.67. The molecule has 1 N–H and O–H groups in total. The van der Waals surface area contributed by atoms with Gasteiger partial charge in [0, 0.05) is 15.3 Å². The predicted octanol–water partition coefficient (Wildman–Crippen LogP) is 3.68. The molecule has 0 aliphatic carbocycles. The Labute approximate surface area is 113 Å². The molecular formula is C15H19NOS. The Hall–Kier alpha value is -1.32. The highest BCUT2D eigenvalue weighted by Crippen LogP contribution is 2.34. The maximum atomic E-state index is 5.46. The van der Waals surface area contributed by atoms with E-state index < -0.39 is 0 Å². The van der Waals surface area contributed by atoms with Gasteiger partial charge in [-0.05, 0) is 38.6 Å². The standard InChI is InChI=1S/C15H19NOS/c1-10-9-13(11(2)18-10)15(16-3)12-7-5-6-8-14(12)17-4/h5-9,15-16H,1-4H3. The number of ether oxygens (including phenoxy) is 1. The van der Waals surface area contributed by atoms with E-state index in [2.05, 4.69) is 37.4 Å². The van der Waals surface area contributed by atoms with Gasteiger partial charge in [0.15, 0.2) is 0 Å². The molecule has 0 bridgehead atoms. The van der Waals surface area contributed by atoms with Gasteiger partial charge in [0.2, 0.25) is 0 Å². The molecule has 96 valence electrons. The van der Waals surface area contributed by atoms with Crippen molar-refractivity contribution < 1.29 is 4.74 Å². The molecule has 0 saturated heterocycles. The van der Waals surface area contributed by atoms with Crippen molar-refractivity contribution in [1.29, 1.82) is 0 Å². The topological polar surface area (TPSA) is 21.3 Å². The second kappa shape index (κ2) is 5.55. The number of hydrogen-bond acceptors (Lipinski definition) is 3. The maximum absolute atomic E-state index is 5.46. The molecular weight excluding hydrogens is 242 g/mol. The lowest BCUT2D eigenvalue weighted by molar-refractivity contribution is 0.405. The van der Waals surface area contributed by atoms with E-state index in [1.807, 2.05) is 30.5 Å². The van der Waals surface area contributed by atoms with Crippen LogP contribution in [0, 0.1) is 13.8 Å². The molecule has 2 rings (SSSR count). The Kier molecular flexibility index (Phi) is 4.04. The lowest BCUT2D eigenvalue weighted by Crippen LogP contribution is -2.18. The molecule has 2 nitrogen and oxygen atoms in total. The quantitative estimate of drug-likeness (QED) is 0.906. The number of aryl methyl sites for hydroxylation is 2. The average molecular weight is 261 g/mol. The lowest BCUT2D eigenvalue weighted by atomic mass is 9.98. The monoisotopic (exact) mass is 261 g/mol. The van der Waals surface area contributed by atoms with Gasteiger partial charge in [0.05, 0.1) is 13.2 Å². The molecule has 1 aromatic carbocycles. The van der Waals surface area contributed by atoms with Crippen LogP contribution >= 0.6 is 11.3 Å². The van der Waals surface area contributed by atoms with E-state index in [-0.39, 0.29) is 6.04 Å². The number of hydrogen-bond donors (Lipinski definition) is 1. The molecule has 0 aliphatic rings. The van der Waals surface area contributed by atoms with Gasteiger partial charge in [-0.2, -0.15) is 0 Å². The van der Waals surface area contributed by atoms with Gasteiger partial charge in [0.25, 0.3) is 0 Å². The summed E-state index contributed by atoms with van der Waals surface area (Å²) in [6.07, 6.45) is 0. The molecule has 0 saturated carbocycles. The average Bonchev–Trinajstić information content (AvgIpc) is 2.70. The first-order valence-electron chi connectivity index (χ1n) is 6.04. The zero-order valence-corrected chi connectivity index (χ0v) is 12.1. The zero-order chi connectivity index (χ0) is 13.1. The fourth-order valence-electron chi connectivity index (χ4n) is 2.32. The number of nitrogens with one attached hydrogen (secondary N) is 1. The Balaban J connectivity index is 2.48. The van der Waals surface area contributed by atoms with Gasteiger partial charge in [-0.25, -0.2) is 0 Å². The summed E-state index contributed by atoms with van der Waals surface area (Å²) >= 11 is 1.84. The van der Waals surface area contributed by atoms with Crippen LogP contribution < -0.4 is 10.1 Å². The molecule has 1 unspecified atom stereocenters. The lowest BCUT2D eigenvalue weighted by Gasteiger charge is -2.19. The fourth-order valence-corrected chi connectivity index (χ4v) is 3.28. The van der Waals surface area contributed by atoms with Gasteiger partial charge in [-0.15, -0.1) is 11.3 Å². The number of rotatable bonds is 4. The Morgan fingerprint density at radius 3 is 2.44 bits per heavy atom. The molecule has 1 aromatic heterocycles. The summed E-state index contributed by atoms with van der Waals surface area (Å²) < 4.78 is 5.46. The summed E-state index contributed by atoms with van der Waals surface area (Å²) in [5, 5.41) is 3.39. The van der Waals surface area contributed by atoms with Gasteiger partial charge in [-0.1, -0.05) is 18.2 Å². The van der Waals surface area contributed by atoms with Crippen LogP contribution in [0.1, 0.15) is 26.9 Å². The van der Waals surface area contributed by atoms with Crippen LogP contribution in [-0.2, 0) is 0 Å². The summed E-state index contributed by atoms with van der Waals surface area (Å²) in [5.74, 6) is 0.931. The van der Waals surface area contributed by atoms with Crippen molar-refractivity contribution in [1.82, 2.24) is 5.32 Å². The van der Waals surface area contributed by atoms with E-state index in [1.165, 1.54) is 20.9 Å². The van der Waals surface area contributed by atoms with Gasteiger partial charge < -0.3 is 10.1 Å². The molecule has 0 spiro atoms. The summed E-state index contributed by atoms with van der Waals surface area (Å²) in [4.78, 5) is 2.70. The van der Waals surface area contributed by atoms with E-state index in [1.54, 1.807) is 7.11 Å². The van der Waals surface area contributed by atoms with Gasteiger partial charge in [0.1, 0.15) is 5.75 Å². The van der Waals surface area contributed by atoms with Crippen LogP contribution in [0.3, 0.4) is 0 Å². The maximum Gasteiger partial charge on any atom is 0.123 e. The van der Waals surface area contributed by atoms with Crippen LogP contribution in [0.15, 0.2) is 30.3 Å². The Bertz CT molecular complexity index is 533. The smallest absolute Gasteiger partial charge is 0.123 e. The minimum atomic E-state index is 0.186. The SMILES string of the molecule is CNC(c1ccccc1OC)c1cc(C)sc1C. The molecule has 1 heterocycles. The zero-order valence-electron chi connectivity index (χ0n) is 11.3. The largest absolute Gasteiger partial charge is 0.496 e.